The van der Waals surface area contributed by atoms with Crippen molar-refractivity contribution in [2.45, 2.75) is 26.7 Å². The van der Waals surface area contributed by atoms with E-state index in [1.807, 2.05) is 6.07 Å². The van der Waals surface area contributed by atoms with E-state index in [9.17, 15) is 0 Å². The number of pyridine rings is 1. The first-order chi connectivity index (χ1) is 7.26. The van der Waals surface area contributed by atoms with Crippen LogP contribution in [0.25, 0.3) is 0 Å². The Kier molecular flexibility index (Phi) is 4.62. The van der Waals surface area contributed by atoms with Gasteiger partial charge in [-0.3, -0.25) is 0 Å². The van der Waals surface area contributed by atoms with Crippen LogP contribution in [0.3, 0.4) is 0 Å². The molecule has 1 atom stereocenters. The number of aromatic nitrogens is 1. The number of nitriles is 1. The topological polar surface area (TPSA) is 45.9 Å². The van der Waals surface area contributed by atoms with Crippen molar-refractivity contribution in [1.29, 1.82) is 5.26 Å². The molecule has 0 saturated carbocycles. The zero-order valence-corrected chi connectivity index (χ0v) is 9.23. The van der Waals surface area contributed by atoms with E-state index in [-0.39, 0.29) is 0 Å². The molecule has 0 saturated heterocycles. The summed E-state index contributed by atoms with van der Waals surface area (Å²) in [6.07, 6.45) is 3.93. The largest absolute Gasteiger partial charge is 0.493 e. The standard InChI is InChI=1S/C12H16N2O/c1-3-4-10(2)9-15-12-5-6-14-11(7-12)8-13/h5-7,10H,3-4,9H2,1-2H3. The molecule has 0 aliphatic carbocycles. The fourth-order valence-electron chi connectivity index (χ4n) is 1.38. The molecule has 0 bridgehead atoms. The maximum atomic E-state index is 8.66. The third-order valence-corrected chi connectivity index (χ3v) is 2.16. The monoisotopic (exact) mass is 204 g/mol. The third kappa shape index (κ3) is 3.99. The molecule has 0 aromatic carbocycles. The molecule has 1 unspecified atom stereocenters. The maximum absolute atomic E-state index is 8.66. The molecular weight excluding hydrogens is 188 g/mol. The minimum atomic E-state index is 0.399. The summed E-state index contributed by atoms with van der Waals surface area (Å²) in [5.74, 6) is 1.28. The molecule has 1 heterocycles. The van der Waals surface area contributed by atoms with Gasteiger partial charge in [-0.05, 0) is 18.4 Å². The van der Waals surface area contributed by atoms with Gasteiger partial charge >= 0.3 is 0 Å². The Balaban J connectivity index is 2.47. The summed E-state index contributed by atoms with van der Waals surface area (Å²) in [4.78, 5) is 3.88. The molecule has 0 spiro atoms. The van der Waals surface area contributed by atoms with Gasteiger partial charge in [0, 0.05) is 12.3 Å². The zero-order chi connectivity index (χ0) is 11.1. The van der Waals surface area contributed by atoms with E-state index >= 15 is 0 Å². The second-order valence-electron chi connectivity index (χ2n) is 3.69. The molecule has 0 aliphatic heterocycles. The van der Waals surface area contributed by atoms with E-state index in [1.165, 1.54) is 6.42 Å². The molecule has 15 heavy (non-hydrogen) atoms. The summed E-state index contributed by atoms with van der Waals surface area (Å²) < 4.78 is 5.57. The van der Waals surface area contributed by atoms with Crippen LogP contribution in [0.4, 0.5) is 0 Å². The normalized spacial score (nSPS) is 11.8. The van der Waals surface area contributed by atoms with Gasteiger partial charge in [-0.2, -0.15) is 5.26 Å². The van der Waals surface area contributed by atoms with Crippen LogP contribution in [0, 0.1) is 17.2 Å². The van der Waals surface area contributed by atoms with Gasteiger partial charge in [-0.25, -0.2) is 4.98 Å². The number of hydrogen-bond acceptors (Lipinski definition) is 3. The van der Waals surface area contributed by atoms with Crippen molar-refractivity contribution in [3.8, 4) is 11.8 Å². The Hall–Kier alpha value is -1.56. The predicted octanol–water partition coefficient (Wildman–Crippen LogP) is 2.77. The van der Waals surface area contributed by atoms with Gasteiger partial charge in [0.2, 0.25) is 0 Å². The minimum absolute atomic E-state index is 0.399. The first-order valence-corrected chi connectivity index (χ1v) is 5.25. The van der Waals surface area contributed by atoms with Crippen molar-refractivity contribution in [1.82, 2.24) is 4.98 Å². The van der Waals surface area contributed by atoms with Gasteiger partial charge in [-0.1, -0.05) is 20.3 Å². The highest BCUT2D eigenvalue weighted by Gasteiger charge is 2.02. The van der Waals surface area contributed by atoms with Crippen LogP contribution in [0.2, 0.25) is 0 Å². The Morgan fingerprint density at radius 2 is 2.40 bits per heavy atom. The highest BCUT2D eigenvalue weighted by atomic mass is 16.5. The molecule has 0 amide bonds. The lowest BCUT2D eigenvalue weighted by molar-refractivity contribution is 0.251. The van der Waals surface area contributed by atoms with Gasteiger partial charge < -0.3 is 4.74 Å². The van der Waals surface area contributed by atoms with Crippen molar-refractivity contribution in [2.75, 3.05) is 6.61 Å². The SMILES string of the molecule is CCCC(C)COc1ccnc(C#N)c1. The first kappa shape index (κ1) is 11.5. The van der Waals surface area contributed by atoms with Crippen molar-refractivity contribution in [3.63, 3.8) is 0 Å². The number of ether oxygens (including phenoxy) is 1. The summed E-state index contributed by atoms with van der Waals surface area (Å²) in [7, 11) is 0. The van der Waals surface area contributed by atoms with E-state index in [2.05, 4.69) is 18.8 Å². The van der Waals surface area contributed by atoms with Crippen molar-refractivity contribution < 1.29 is 4.74 Å². The van der Waals surface area contributed by atoms with Crippen LogP contribution in [-0.4, -0.2) is 11.6 Å². The first-order valence-electron chi connectivity index (χ1n) is 5.25. The van der Waals surface area contributed by atoms with E-state index in [0.717, 1.165) is 12.2 Å². The molecular formula is C12H16N2O. The van der Waals surface area contributed by atoms with Crippen LogP contribution in [0.1, 0.15) is 32.4 Å². The minimum Gasteiger partial charge on any atom is -0.493 e. The van der Waals surface area contributed by atoms with Crippen molar-refractivity contribution in [3.05, 3.63) is 24.0 Å². The van der Waals surface area contributed by atoms with Crippen molar-refractivity contribution >= 4 is 0 Å². The van der Waals surface area contributed by atoms with Gasteiger partial charge in [-0.15, -0.1) is 0 Å². The van der Waals surface area contributed by atoms with Gasteiger partial charge in [0.15, 0.2) is 0 Å². The molecule has 0 radical (unpaired) electrons. The van der Waals surface area contributed by atoms with Crippen LogP contribution in [0.5, 0.6) is 5.75 Å². The fourth-order valence-corrected chi connectivity index (χ4v) is 1.38. The Labute approximate surface area is 90.7 Å². The Morgan fingerprint density at radius 3 is 3.07 bits per heavy atom. The zero-order valence-electron chi connectivity index (χ0n) is 9.23. The third-order valence-electron chi connectivity index (χ3n) is 2.16. The molecule has 3 nitrogen and oxygen atoms in total. The summed E-state index contributed by atoms with van der Waals surface area (Å²) in [6, 6.07) is 5.43. The molecule has 80 valence electrons. The lowest BCUT2D eigenvalue weighted by Gasteiger charge is -2.11. The van der Waals surface area contributed by atoms with Crippen LogP contribution < -0.4 is 4.74 Å². The second kappa shape index (κ2) is 6.02. The van der Waals surface area contributed by atoms with E-state index in [0.29, 0.717) is 18.2 Å². The van der Waals surface area contributed by atoms with E-state index < -0.39 is 0 Å². The van der Waals surface area contributed by atoms with E-state index in [1.54, 1.807) is 18.3 Å². The van der Waals surface area contributed by atoms with Crippen LogP contribution in [-0.2, 0) is 0 Å². The summed E-state index contributed by atoms with van der Waals surface area (Å²) in [6.45, 7) is 5.02. The number of nitrogens with zero attached hydrogens (tertiary/aromatic N) is 2. The molecule has 3 heteroatoms. The fraction of sp³-hybridized carbons (Fsp3) is 0.500. The van der Waals surface area contributed by atoms with Gasteiger partial charge in [0.1, 0.15) is 17.5 Å². The second-order valence-corrected chi connectivity index (χ2v) is 3.69. The summed E-state index contributed by atoms with van der Waals surface area (Å²) in [5, 5.41) is 8.66. The molecule has 0 N–H and O–H groups in total. The highest BCUT2D eigenvalue weighted by Crippen LogP contribution is 2.13. The predicted molar refractivity (Wildman–Crippen MR) is 58.5 cm³/mol. The summed E-state index contributed by atoms with van der Waals surface area (Å²) >= 11 is 0. The average Bonchev–Trinajstić information content (AvgIpc) is 2.27. The molecule has 0 fully saturated rings. The van der Waals surface area contributed by atoms with Gasteiger partial charge in [0.05, 0.1) is 6.61 Å². The van der Waals surface area contributed by atoms with E-state index in [4.69, 9.17) is 10.00 Å². The lowest BCUT2D eigenvalue weighted by Crippen LogP contribution is -2.08. The quantitative estimate of drug-likeness (QED) is 0.740. The summed E-state index contributed by atoms with van der Waals surface area (Å²) in [5.41, 5.74) is 0.399. The Bertz CT molecular complexity index is 344. The number of hydrogen-bond donors (Lipinski definition) is 0. The number of rotatable bonds is 5. The van der Waals surface area contributed by atoms with Crippen molar-refractivity contribution in [2.24, 2.45) is 5.92 Å². The molecule has 1 rings (SSSR count). The smallest absolute Gasteiger partial charge is 0.144 e. The molecule has 0 aliphatic rings. The van der Waals surface area contributed by atoms with Crippen LogP contribution in [0.15, 0.2) is 18.3 Å². The molecule has 1 aromatic rings. The van der Waals surface area contributed by atoms with Gasteiger partial charge in [0.25, 0.3) is 0 Å². The Morgan fingerprint density at radius 1 is 1.60 bits per heavy atom. The highest BCUT2D eigenvalue weighted by molar-refractivity contribution is 5.29. The van der Waals surface area contributed by atoms with Crippen LogP contribution >= 0.6 is 0 Å². The molecule has 1 aromatic heterocycles. The lowest BCUT2D eigenvalue weighted by atomic mass is 10.1. The average molecular weight is 204 g/mol. The maximum Gasteiger partial charge on any atom is 0.144 e.